The molecule has 0 radical (unpaired) electrons. The van der Waals surface area contributed by atoms with Crippen molar-refractivity contribution in [2.45, 2.75) is 44.3 Å². The molecule has 5 rings (SSSR count). The molecule has 2 bridgehead atoms. The predicted molar refractivity (Wildman–Crippen MR) is 97.5 cm³/mol. The molecule has 0 aromatic heterocycles. The van der Waals surface area contributed by atoms with Crippen molar-refractivity contribution in [3.63, 3.8) is 0 Å². The van der Waals surface area contributed by atoms with E-state index in [1.165, 1.54) is 18.4 Å². The quantitative estimate of drug-likeness (QED) is 0.856. The van der Waals surface area contributed by atoms with E-state index in [2.05, 4.69) is 27.2 Å². The fourth-order valence-corrected chi connectivity index (χ4v) is 4.27. The number of nitrogens with zero attached hydrogens (tertiary/aromatic N) is 2. The normalized spacial score (nSPS) is 27.1. The highest BCUT2D eigenvalue weighted by atomic mass is 16.5. The molecule has 136 valence electrons. The second-order valence-corrected chi connectivity index (χ2v) is 7.91. The molecule has 3 heterocycles. The molecule has 4 aliphatic rings. The fourth-order valence-electron chi connectivity index (χ4n) is 4.27. The van der Waals surface area contributed by atoms with Gasteiger partial charge in [-0.25, -0.2) is 0 Å². The molecule has 3 aliphatic heterocycles. The molecule has 5 heteroatoms. The van der Waals surface area contributed by atoms with Crippen molar-refractivity contribution < 1.29 is 9.53 Å². The third kappa shape index (κ3) is 4.33. The predicted octanol–water partition coefficient (Wildman–Crippen LogP) is 1.87. The van der Waals surface area contributed by atoms with Crippen molar-refractivity contribution in [2.75, 3.05) is 33.3 Å². The average molecular weight is 343 g/mol. The molecule has 1 N–H and O–H groups in total. The number of hydrogen-bond acceptors (Lipinski definition) is 4. The van der Waals surface area contributed by atoms with E-state index >= 15 is 0 Å². The van der Waals surface area contributed by atoms with E-state index in [0.717, 1.165) is 44.8 Å². The van der Waals surface area contributed by atoms with Crippen LogP contribution in [0.25, 0.3) is 0 Å². The molecule has 1 aromatic carbocycles. The van der Waals surface area contributed by atoms with Crippen LogP contribution < -0.4 is 10.1 Å². The third-order valence-corrected chi connectivity index (χ3v) is 5.76. The van der Waals surface area contributed by atoms with Crippen LogP contribution in [0.2, 0.25) is 0 Å². The molecule has 0 spiro atoms. The second kappa shape index (κ2) is 7.34. The van der Waals surface area contributed by atoms with Gasteiger partial charge in [-0.05, 0) is 49.3 Å². The molecule has 1 aliphatic carbocycles. The number of carbonyl (C=O) groups excluding carboxylic acids is 1. The Bertz CT molecular complexity index is 599. The lowest BCUT2D eigenvalue weighted by atomic mass is 9.95. The zero-order chi connectivity index (χ0) is 17.2. The number of piperidine rings is 1. The monoisotopic (exact) mass is 343 g/mol. The summed E-state index contributed by atoms with van der Waals surface area (Å²) < 4.78 is 5.25. The summed E-state index contributed by atoms with van der Waals surface area (Å²) >= 11 is 0. The van der Waals surface area contributed by atoms with Crippen LogP contribution in [0.3, 0.4) is 0 Å². The van der Waals surface area contributed by atoms with Crippen LogP contribution in [0.1, 0.15) is 31.2 Å². The van der Waals surface area contributed by atoms with Gasteiger partial charge < -0.3 is 10.1 Å². The van der Waals surface area contributed by atoms with Crippen molar-refractivity contribution in [3.8, 4) is 5.75 Å². The Hall–Kier alpha value is -1.59. The number of fused-ring (bicyclic) bond motifs is 4. The number of methoxy groups -OCH3 is 1. The molecule has 5 nitrogen and oxygen atoms in total. The van der Waals surface area contributed by atoms with Gasteiger partial charge in [0.15, 0.2) is 0 Å². The summed E-state index contributed by atoms with van der Waals surface area (Å²) in [6.45, 7) is 4.84. The number of carbonyl (C=O) groups is 1. The van der Waals surface area contributed by atoms with Crippen molar-refractivity contribution in [1.29, 1.82) is 0 Å². The van der Waals surface area contributed by atoms with E-state index in [1.54, 1.807) is 7.11 Å². The summed E-state index contributed by atoms with van der Waals surface area (Å²) in [4.78, 5) is 17.2. The molecular formula is C20H29N3O2. The highest BCUT2D eigenvalue weighted by molar-refractivity contribution is 5.78. The molecule has 1 amide bonds. The Morgan fingerprint density at radius 1 is 1.12 bits per heavy atom. The zero-order valence-electron chi connectivity index (χ0n) is 15.1. The number of hydrogen-bond donors (Lipinski definition) is 1. The second-order valence-electron chi connectivity index (χ2n) is 7.91. The first-order valence-electron chi connectivity index (χ1n) is 9.58. The van der Waals surface area contributed by atoms with Gasteiger partial charge in [0.2, 0.25) is 5.91 Å². The topological polar surface area (TPSA) is 44.8 Å². The summed E-state index contributed by atoms with van der Waals surface area (Å²) in [5.74, 6) is 1.81. The minimum atomic E-state index is 0.219. The Balaban J connectivity index is 1.35. The molecule has 1 aromatic rings. The number of nitrogens with one attached hydrogen (secondary N) is 1. The van der Waals surface area contributed by atoms with Crippen LogP contribution in [-0.4, -0.2) is 61.1 Å². The van der Waals surface area contributed by atoms with Crippen LogP contribution in [0, 0.1) is 5.92 Å². The van der Waals surface area contributed by atoms with E-state index in [4.69, 9.17) is 4.74 Å². The van der Waals surface area contributed by atoms with Gasteiger partial charge in [0.1, 0.15) is 5.75 Å². The maximum atomic E-state index is 12.2. The smallest absolute Gasteiger partial charge is 0.234 e. The maximum Gasteiger partial charge on any atom is 0.234 e. The van der Waals surface area contributed by atoms with E-state index in [9.17, 15) is 4.79 Å². The van der Waals surface area contributed by atoms with Gasteiger partial charge in [-0.3, -0.25) is 14.6 Å². The largest absolute Gasteiger partial charge is 0.497 e. The van der Waals surface area contributed by atoms with E-state index in [1.807, 2.05) is 12.1 Å². The van der Waals surface area contributed by atoms with Crippen LogP contribution in [0.15, 0.2) is 24.3 Å². The van der Waals surface area contributed by atoms with Crippen molar-refractivity contribution >= 4 is 5.91 Å². The Morgan fingerprint density at radius 2 is 1.92 bits per heavy atom. The maximum absolute atomic E-state index is 12.2. The Labute approximate surface area is 150 Å². The van der Waals surface area contributed by atoms with Crippen LogP contribution in [0.4, 0.5) is 0 Å². The molecule has 2 atom stereocenters. The highest BCUT2D eigenvalue weighted by Crippen LogP contribution is 2.29. The lowest BCUT2D eigenvalue weighted by Gasteiger charge is -2.35. The van der Waals surface area contributed by atoms with E-state index in [0.29, 0.717) is 24.5 Å². The minimum absolute atomic E-state index is 0.219. The molecule has 3 saturated heterocycles. The first kappa shape index (κ1) is 16.9. The highest BCUT2D eigenvalue weighted by Gasteiger charge is 2.36. The number of ether oxygens (including phenoxy) is 1. The molecule has 25 heavy (non-hydrogen) atoms. The summed E-state index contributed by atoms with van der Waals surface area (Å²) in [6.07, 6.45) is 4.84. The first-order chi connectivity index (χ1) is 12.2. The first-order valence-corrected chi connectivity index (χ1v) is 9.58. The standard InChI is InChI=1S/C20H29N3O2/c1-25-19-8-3-15(4-9-19)10-22-11-16-2-7-18(13-22)23(12-16)14-20(24)21-17-5-6-17/h3-4,8-9,16-18H,2,5-7,10-14H2,1H3,(H,21,24)/t16-,18+/m0/s1. The van der Waals surface area contributed by atoms with E-state index < -0.39 is 0 Å². The van der Waals surface area contributed by atoms with Crippen LogP contribution in [-0.2, 0) is 11.3 Å². The van der Waals surface area contributed by atoms with Gasteiger partial charge in [-0.1, -0.05) is 12.1 Å². The van der Waals surface area contributed by atoms with E-state index in [-0.39, 0.29) is 5.91 Å². The molecule has 0 unspecified atom stereocenters. The van der Waals surface area contributed by atoms with Gasteiger partial charge >= 0.3 is 0 Å². The summed E-state index contributed by atoms with van der Waals surface area (Å²) in [6, 6.07) is 9.37. The van der Waals surface area contributed by atoms with Gasteiger partial charge in [-0.2, -0.15) is 0 Å². The molecule has 4 fully saturated rings. The molecular weight excluding hydrogens is 314 g/mol. The summed E-state index contributed by atoms with van der Waals surface area (Å²) in [7, 11) is 1.70. The van der Waals surface area contributed by atoms with Crippen molar-refractivity contribution in [3.05, 3.63) is 29.8 Å². The van der Waals surface area contributed by atoms with Gasteiger partial charge in [0.25, 0.3) is 0 Å². The number of rotatable bonds is 6. The average Bonchev–Trinajstić information content (AvgIpc) is 3.43. The minimum Gasteiger partial charge on any atom is -0.497 e. The van der Waals surface area contributed by atoms with Gasteiger partial charge in [0.05, 0.1) is 13.7 Å². The zero-order valence-corrected chi connectivity index (χ0v) is 15.1. The summed E-state index contributed by atoms with van der Waals surface area (Å²) in [5.41, 5.74) is 1.33. The number of benzene rings is 1. The van der Waals surface area contributed by atoms with Crippen molar-refractivity contribution in [1.82, 2.24) is 15.1 Å². The number of amides is 1. The molecule has 1 saturated carbocycles. The van der Waals surface area contributed by atoms with Gasteiger partial charge in [0, 0.05) is 38.3 Å². The summed E-state index contributed by atoms with van der Waals surface area (Å²) in [5, 5.41) is 3.14. The Morgan fingerprint density at radius 3 is 2.64 bits per heavy atom. The lowest BCUT2D eigenvalue weighted by Crippen LogP contribution is -2.48. The SMILES string of the molecule is COc1ccc(CN2C[C@@H]3CC[C@H](C2)N(CC(=O)NC2CC2)C3)cc1. The van der Waals surface area contributed by atoms with Crippen LogP contribution in [0.5, 0.6) is 5.75 Å². The van der Waals surface area contributed by atoms with Crippen molar-refractivity contribution in [2.24, 2.45) is 5.92 Å². The third-order valence-electron chi connectivity index (χ3n) is 5.76. The Kier molecular flexibility index (Phi) is 4.95. The fraction of sp³-hybridized carbons (Fsp3) is 0.650. The van der Waals surface area contributed by atoms with Crippen LogP contribution >= 0.6 is 0 Å². The van der Waals surface area contributed by atoms with Gasteiger partial charge in [-0.15, -0.1) is 0 Å². The lowest BCUT2D eigenvalue weighted by molar-refractivity contribution is -0.123.